The number of halogens is 1. The second kappa shape index (κ2) is 9.78. The summed E-state index contributed by atoms with van der Waals surface area (Å²) in [5.74, 6) is 0.473. The van der Waals surface area contributed by atoms with E-state index in [-0.39, 0.29) is 18.2 Å². The Morgan fingerprint density at radius 1 is 1.03 bits per heavy atom. The van der Waals surface area contributed by atoms with Crippen molar-refractivity contribution in [2.45, 2.75) is 13.5 Å². The molecule has 0 saturated carbocycles. The lowest BCUT2D eigenvalue weighted by molar-refractivity contribution is 0.0929. The van der Waals surface area contributed by atoms with Crippen LogP contribution in [0.1, 0.15) is 28.6 Å². The second-order valence-corrected chi connectivity index (χ2v) is 6.91. The summed E-state index contributed by atoms with van der Waals surface area (Å²) in [6, 6.07) is 20.5. The molecule has 162 valence electrons. The standard InChI is InChI=1S/C25H21FN2O4/c1-2-30-23-13-17(10-11-22(23)31-16-18-6-5-8-20(26)12-18)15-27-28-25(29)24-14-19-7-3-4-9-21(19)32-24/h3-15H,2,16H2,1H3,(H,28,29)/b27-15+. The van der Waals surface area contributed by atoms with E-state index in [2.05, 4.69) is 10.5 Å². The fourth-order valence-corrected chi connectivity index (χ4v) is 3.09. The van der Waals surface area contributed by atoms with Gasteiger partial charge in [-0.15, -0.1) is 0 Å². The highest BCUT2D eigenvalue weighted by Crippen LogP contribution is 2.29. The van der Waals surface area contributed by atoms with E-state index in [1.165, 1.54) is 18.3 Å². The van der Waals surface area contributed by atoms with Crippen molar-refractivity contribution < 1.29 is 23.1 Å². The molecule has 0 saturated heterocycles. The molecule has 4 aromatic rings. The lowest BCUT2D eigenvalue weighted by Crippen LogP contribution is -2.16. The van der Waals surface area contributed by atoms with Crippen LogP contribution in [0.15, 0.2) is 82.3 Å². The summed E-state index contributed by atoms with van der Waals surface area (Å²) in [5, 5.41) is 4.84. The van der Waals surface area contributed by atoms with Crippen LogP contribution in [0.25, 0.3) is 11.0 Å². The zero-order valence-corrected chi connectivity index (χ0v) is 17.4. The summed E-state index contributed by atoms with van der Waals surface area (Å²) in [6.07, 6.45) is 1.50. The van der Waals surface area contributed by atoms with Gasteiger partial charge in [-0.05, 0) is 60.5 Å². The number of hydrogen-bond acceptors (Lipinski definition) is 5. The summed E-state index contributed by atoms with van der Waals surface area (Å²) in [5.41, 5.74) is 4.51. The Morgan fingerprint density at radius 3 is 2.72 bits per heavy atom. The van der Waals surface area contributed by atoms with Gasteiger partial charge in [-0.25, -0.2) is 9.82 Å². The van der Waals surface area contributed by atoms with Crippen LogP contribution in [0.5, 0.6) is 11.5 Å². The number of hydrazone groups is 1. The van der Waals surface area contributed by atoms with Gasteiger partial charge in [0.05, 0.1) is 12.8 Å². The Bertz CT molecular complexity index is 1230. The third kappa shape index (κ3) is 5.13. The van der Waals surface area contributed by atoms with Crippen molar-refractivity contribution >= 4 is 23.1 Å². The average Bonchev–Trinajstić information content (AvgIpc) is 3.23. The Kier molecular flexibility index (Phi) is 6.46. The third-order valence-corrected chi connectivity index (χ3v) is 4.58. The van der Waals surface area contributed by atoms with Crippen LogP contribution >= 0.6 is 0 Å². The molecule has 1 aromatic heterocycles. The van der Waals surface area contributed by atoms with Crippen molar-refractivity contribution in [2.75, 3.05) is 6.61 Å². The largest absolute Gasteiger partial charge is 0.490 e. The highest BCUT2D eigenvalue weighted by atomic mass is 19.1. The molecule has 7 heteroatoms. The van der Waals surface area contributed by atoms with Crippen molar-refractivity contribution in [1.29, 1.82) is 0 Å². The number of furan rings is 1. The highest BCUT2D eigenvalue weighted by Gasteiger charge is 2.11. The molecule has 6 nitrogen and oxygen atoms in total. The van der Waals surface area contributed by atoms with Crippen molar-refractivity contribution in [1.82, 2.24) is 5.43 Å². The molecule has 0 unspecified atom stereocenters. The van der Waals surface area contributed by atoms with E-state index in [9.17, 15) is 9.18 Å². The minimum Gasteiger partial charge on any atom is -0.490 e. The average molecular weight is 432 g/mol. The molecule has 0 aliphatic rings. The van der Waals surface area contributed by atoms with E-state index in [4.69, 9.17) is 13.9 Å². The quantitative estimate of drug-likeness (QED) is 0.302. The van der Waals surface area contributed by atoms with E-state index >= 15 is 0 Å². The van der Waals surface area contributed by atoms with E-state index in [1.54, 1.807) is 42.5 Å². The van der Waals surface area contributed by atoms with Crippen LogP contribution in [0.4, 0.5) is 4.39 Å². The number of nitrogens with one attached hydrogen (secondary N) is 1. The predicted octanol–water partition coefficient (Wildman–Crippen LogP) is 5.31. The van der Waals surface area contributed by atoms with Gasteiger partial charge in [0.2, 0.25) is 0 Å². The van der Waals surface area contributed by atoms with Gasteiger partial charge in [-0.3, -0.25) is 4.79 Å². The molecule has 0 radical (unpaired) electrons. The molecule has 3 aromatic carbocycles. The van der Waals surface area contributed by atoms with E-state index in [1.807, 2.05) is 25.1 Å². The van der Waals surface area contributed by atoms with Crippen LogP contribution in [0.2, 0.25) is 0 Å². The molecule has 0 spiro atoms. The number of benzene rings is 3. The minimum atomic E-state index is -0.447. The number of nitrogens with zero attached hydrogens (tertiary/aromatic N) is 1. The number of fused-ring (bicyclic) bond motifs is 1. The van der Waals surface area contributed by atoms with Crippen LogP contribution in [0, 0.1) is 5.82 Å². The fraction of sp³-hybridized carbons (Fsp3) is 0.120. The van der Waals surface area contributed by atoms with Crippen LogP contribution < -0.4 is 14.9 Å². The van der Waals surface area contributed by atoms with Crippen LogP contribution in [-0.4, -0.2) is 18.7 Å². The number of carbonyl (C=O) groups is 1. The summed E-state index contributed by atoms with van der Waals surface area (Å²) < 4.78 is 30.3. The fourth-order valence-electron chi connectivity index (χ4n) is 3.09. The van der Waals surface area contributed by atoms with Crippen molar-refractivity contribution in [3.63, 3.8) is 0 Å². The summed E-state index contributed by atoms with van der Waals surface area (Å²) in [7, 11) is 0. The van der Waals surface area contributed by atoms with Crippen molar-refractivity contribution in [3.05, 3.63) is 95.5 Å². The lowest BCUT2D eigenvalue weighted by atomic mass is 10.2. The van der Waals surface area contributed by atoms with Gasteiger partial charge < -0.3 is 13.9 Å². The van der Waals surface area contributed by atoms with Crippen molar-refractivity contribution in [2.24, 2.45) is 5.10 Å². The molecule has 4 rings (SSSR count). The highest BCUT2D eigenvalue weighted by molar-refractivity contribution is 5.96. The molecule has 32 heavy (non-hydrogen) atoms. The second-order valence-electron chi connectivity index (χ2n) is 6.91. The molecular formula is C25H21FN2O4. The normalized spacial score (nSPS) is 11.1. The van der Waals surface area contributed by atoms with Gasteiger partial charge in [0.25, 0.3) is 0 Å². The topological polar surface area (TPSA) is 73.1 Å². The van der Waals surface area contributed by atoms with Gasteiger partial charge >= 0.3 is 5.91 Å². The van der Waals surface area contributed by atoms with E-state index < -0.39 is 5.91 Å². The number of amides is 1. The first-order valence-corrected chi connectivity index (χ1v) is 10.1. The first kappa shape index (κ1) is 21.1. The van der Waals surface area contributed by atoms with E-state index in [0.717, 1.165) is 5.39 Å². The maximum absolute atomic E-state index is 13.4. The molecule has 1 N–H and O–H groups in total. The molecule has 0 aliphatic heterocycles. The SMILES string of the molecule is CCOc1cc(/C=N/NC(=O)c2cc3ccccc3o2)ccc1OCc1cccc(F)c1. The summed E-state index contributed by atoms with van der Waals surface area (Å²) >= 11 is 0. The summed E-state index contributed by atoms with van der Waals surface area (Å²) in [4.78, 5) is 12.3. The Labute approximate surface area is 184 Å². The smallest absolute Gasteiger partial charge is 0.307 e. The monoisotopic (exact) mass is 432 g/mol. The Hall–Kier alpha value is -4.13. The van der Waals surface area contributed by atoms with Gasteiger partial charge in [0.1, 0.15) is 18.0 Å². The van der Waals surface area contributed by atoms with E-state index in [0.29, 0.717) is 34.8 Å². The number of para-hydroxylation sites is 1. The van der Waals surface area contributed by atoms with Crippen LogP contribution in [0.3, 0.4) is 0 Å². The number of rotatable bonds is 8. The first-order chi connectivity index (χ1) is 15.6. The van der Waals surface area contributed by atoms with Gasteiger partial charge in [0.15, 0.2) is 17.3 Å². The van der Waals surface area contributed by atoms with Gasteiger partial charge in [-0.1, -0.05) is 30.3 Å². The molecular weight excluding hydrogens is 411 g/mol. The molecule has 1 amide bonds. The zero-order valence-electron chi connectivity index (χ0n) is 17.4. The van der Waals surface area contributed by atoms with Gasteiger partial charge in [0, 0.05) is 5.39 Å². The molecule has 0 aliphatic carbocycles. The third-order valence-electron chi connectivity index (χ3n) is 4.58. The van der Waals surface area contributed by atoms with Crippen LogP contribution in [-0.2, 0) is 6.61 Å². The minimum absolute atomic E-state index is 0.180. The molecule has 1 heterocycles. The molecule has 0 atom stereocenters. The Morgan fingerprint density at radius 2 is 1.91 bits per heavy atom. The lowest BCUT2D eigenvalue weighted by Gasteiger charge is -2.12. The first-order valence-electron chi connectivity index (χ1n) is 10.1. The zero-order chi connectivity index (χ0) is 22.3. The predicted molar refractivity (Wildman–Crippen MR) is 120 cm³/mol. The maximum atomic E-state index is 13.4. The van der Waals surface area contributed by atoms with Gasteiger partial charge in [-0.2, -0.15) is 5.10 Å². The molecule has 0 fully saturated rings. The maximum Gasteiger partial charge on any atom is 0.307 e. The Balaban J connectivity index is 1.42. The number of ether oxygens (including phenoxy) is 2. The number of hydrogen-bond donors (Lipinski definition) is 1. The van der Waals surface area contributed by atoms with Crippen molar-refractivity contribution in [3.8, 4) is 11.5 Å². The number of carbonyl (C=O) groups excluding carboxylic acids is 1. The molecule has 0 bridgehead atoms. The summed E-state index contributed by atoms with van der Waals surface area (Å²) in [6.45, 7) is 2.52.